The SMILES string of the molecule is COCCC(C)CC(C)CNC(C)(C)C. The minimum absolute atomic E-state index is 0.240. The highest BCUT2D eigenvalue weighted by Gasteiger charge is 2.13. The molecule has 15 heavy (non-hydrogen) atoms. The van der Waals surface area contributed by atoms with Crippen LogP contribution in [0.15, 0.2) is 0 Å². The van der Waals surface area contributed by atoms with E-state index in [9.17, 15) is 0 Å². The quantitative estimate of drug-likeness (QED) is 0.704. The van der Waals surface area contributed by atoms with Crippen molar-refractivity contribution in [1.29, 1.82) is 0 Å². The molecule has 0 radical (unpaired) electrons. The van der Waals surface area contributed by atoms with E-state index in [1.54, 1.807) is 7.11 Å². The van der Waals surface area contributed by atoms with E-state index in [1.165, 1.54) is 12.8 Å². The van der Waals surface area contributed by atoms with Gasteiger partial charge < -0.3 is 10.1 Å². The smallest absolute Gasteiger partial charge is 0.0464 e. The lowest BCUT2D eigenvalue weighted by Crippen LogP contribution is -2.38. The van der Waals surface area contributed by atoms with Gasteiger partial charge in [0.15, 0.2) is 0 Å². The number of methoxy groups -OCH3 is 1. The molecule has 2 atom stereocenters. The fraction of sp³-hybridized carbons (Fsp3) is 1.00. The van der Waals surface area contributed by atoms with Crippen molar-refractivity contribution < 1.29 is 4.74 Å². The van der Waals surface area contributed by atoms with Crippen molar-refractivity contribution >= 4 is 0 Å². The van der Waals surface area contributed by atoms with Gasteiger partial charge in [-0.25, -0.2) is 0 Å². The Morgan fingerprint density at radius 1 is 1.13 bits per heavy atom. The molecule has 2 unspecified atom stereocenters. The third-order valence-corrected chi connectivity index (χ3v) is 2.60. The van der Waals surface area contributed by atoms with Crippen molar-refractivity contribution in [1.82, 2.24) is 5.32 Å². The van der Waals surface area contributed by atoms with Gasteiger partial charge in [-0.1, -0.05) is 13.8 Å². The highest BCUT2D eigenvalue weighted by atomic mass is 16.5. The van der Waals surface area contributed by atoms with Gasteiger partial charge in [0.05, 0.1) is 0 Å². The molecule has 0 aliphatic heterocycles. The van der Waals surface area contributed by atoms with Crippen LogP contribution in [0.4, 0.5) is 0 Å². The van der Waals surface area contributed by atoms with E-state index in [1.807, 2.05) is 0 Å². The average Bonchev–Trinajstić information content (AvgIpc) is 2.10. The summed E-state index contributed by atoms with van der Waals surface area (Å²) >= 11 is 0. The van der Waals surface area contributed by atoms with Crippen LogP contribution in [0.3, 0.4) is 0 Å². The largest absolute Gasteiger partial charge is 0.385 e. The van der Waals surface area contributed by atoms with Crippen molar-refractivity contribution in [3.63, 3.8) is 0 Å². The van der Waals surface area contributed by atoms with Gasteiger partial charge >= 0.3 is 0 Å². The van der Waals surface area contributed by atoms with Crippen molar-refractivity contribution in [3.05, 3.63) is 0 Å². The van der Waals surface area contributed by atoms with Gasteiger partial charge in [-0.3, -0.25) is 0 Å². The zero-order chi connectivity index (χ0) is 11.9. The van der Waals surface area contributed by atoms with Crippen LogP contribution in [0.5, 0.6) is 0 Å². The molecule has 0 bridgehead atoms. The Morgan fingerprint density at radius 3 is 2.20 bits per heavy atom. The lowest BCUT2D eigenvalue weighted by atomic mass is 9.94. The molecule has 0 rings (SSSR count). The second kappa shape index (κ2) is 7.24. The number of hydrogen-bond acceptors (Lipinski definition) is 2. The standard InChI is InChI=1S/C13H29NO/c1-11(7-8-15-6)9-12(2)10-14-13(3,4)5/h11-12,14H,7-10H2,1-6H3. The van der Waals surface area contributed by atoms with Crippen molar-refractivity contribution in [2.75, 3.05) is 20.3 Å². The Morgan fingerprint density at radius 2 is 1.73 bits per heavy atom. The molecule has 0 saturated carbocycles. The van der Waals surface area contributed by atoms with Gasteiger partial charge in [0.25, 0.3) is 0 Å². The van der Waals surface area contributed by atoms with Crippen LogP contribution in [0, 0.1) is 11.8 Å². The summed E-state index contributed by atoms with van der Waals surface area (Å²) in [6, 6.07) is 0. The fourth-order valence-electron chi connectivity index (χ4n) is 1.69. The predicted molar refractivity (Wildman–Crippen MR) is 67.2 cm³/mol. The van der Waals surface area contributed by atoms with Gasteiger partial charge in [0.2, 0.25) is 0 Å². The first-order valence-corrected chi connectivity index (χ1v) is 6.09. The second-order valence-electron chi connectivity index (χ2n) is 5.86. The normalized spacial score (nSPS) is 16.4. The van der Waals surface area contributed by atoms with Crippen LogP contribution < -0.4 is 5.32 Å². The molecular weight excluding hydrogens is 186 g/mol. The molecule has 0 fully saturated rings. The van der Waals surface area contributed by atoms with E-state index in [2.05, 4.69) is 39.9 Å². The molecule has 0 heterocycles. The number of nitrogens with one attached hydrogen (secondary N) is 1. The summed E-state index contributed by atoms with van der Waals surface area (Å²) in [5.41, 5.74) is 0.240. The molecule has 2 nitrogen and oxygen atoms in total. The molecule has 0 saturated heterocycles. The Bertz CT molecular complexity index is 151. The highest BCUT2D eigenvalue weighted by molar-refractivity contribution is 4.72. The molecule has 0 aliphatic carbocycles. The maximum Gasteiger partial charge on any atom is 0.0464 e. The van der Waals surface area contributed by atoms with Crippen LogP contribution in [0.25, 0.3) is 0 Å². The fourth-order valence-corrected chi connectivity index (χ4v) is 1.69. The molecule has 0 aliphatic rings. The molecular formula is C13H29NO. The van der Waals surface area contributed by atoms with Crippen molar-refractivity contribution in [3.8, 4) is 0 Å². The Labute approximate surface area is 95.8 Å². The molecule has 92 valence electrons. The number of hydrogen-bond donors (Lipinski definition) is 1. The zero-order valence-electron chi connectivity index (χ0n) is 11.4. The monoisotopic (exact) mass is 215 g/mol. The van der Waals surface area contributed by atoms with E-state index in [0.29, 0.717) is 0 Å². The van der Waals surface area contributed by atoms with Crippen LogP contribution in [-0.4, -0.2) is 25.8 Å². The third-order valence-electron chi connectivity index (χ3n) is 2.60. The second-order valence-corrected chi connectivity index (χ2v) is 5.86. The number of ether oxygens (including phenoxy) is 1. The molecule has 0 aromatic carbocycles. The van der Waals surface area contributed by atoms with Gasteiger partial charge in [-0.05, 0) is 52.0 Å². The topological polar surface area (TPSA) is 21.3 Å². The van der Waals surface area contributed by atoms with Crippen molar-refractivity contribution in [2.24, 2.45) is 11.8 Å². The Hall–Kier alpha value is -0.0800. The maximum atomic E-state index is 5.09. The van der Waals surface area contributed by atoms with Crippen LogP contribution in [0.2, 0.25) is 0 Å². The zero-order valence-corrected chi connectivity index (χ0v) is 11.4. The van der Waals surface area contributed by atoms with Crippen LogP contribution in [0.1, 0.15) is 47.5 Å². The first-order chi connectivity index (χ1) is 6.85. The summed E-state index contributed by atoms with van der Waals surface area (Å²) < 4.78 is 5.09. The van der Waals surface area contributed by atoms with E-state index < -0.39 is 0 Å². The first kappa shape index (κ1) is 14.9. The summed E-state index contributed by atoms with van der Waals surface area (Å²) in [6.45, 7) is 13.3. The molecule has 0 amide bonds. The summed E-state index contributed by atoms with van der Waals surface area (Å²) in [5.74, 6) is 1.51. The van der Waals surface area contributed by atoms with Gasteiger partial charge in [-0.2, -0.15) is 0 Å². The summed E-state index contributed by atoms with van der Waals surface area (Å²) in [6.07, 6.45) is 2.46. The highest BCUT2D eigenvalue weighted by Crippen LogP contribution is 2.15. The maximum absolute atomic E-state index is 5.09. The van der Waals surface area contributed by atoms with Gasteiger partial charge in [0.1, 0.15) is 0 Å². The molecule has 0 aromatic rings. The molecule has 2 heteroatoms. The predicted octanol–water partition coefficient (Wildman–Crippen LogP) is 3.07. The minimum atomic E-state index is 0.240. The molecule has 0 spiro atoms. The van der Waals surface area contributed by atoms with Gasteiger partial charge in [0, 0.05) is 19.3 Å². The van der Waals surface area contributed by atoms with Crippen LogP contribution in [-0.2, 0) is 4.74 Å². The van der Waals surface area contributed by atoms with E-state index in [0.717, 1.165) is 25.0 Å². The Balaban J connectivity index is 3.59. The van der Waals surface area contributed by atoms with Crippen molar-refractivity contribution in [2.45, 2.75) is 53.0 Å². The van der Waals surface area contributed by atoms with E-state index in [4.69, 9.17) is 4.74 Å². The summed E-state index contributed by atoms with van der Waals surface area (Å²) in [5, 5.41) is 3.55. The summed E-state index contributed by atoms with van der Waals surface area (Å²) in [7, 11) is 1.78. The van der Waals surface area contributed by atoms with Crippen LogP contribution >= 0.6 is 0 Å². The molecule has 1 N–H and O–H groups in total. The summed E-state index contributed by atoms with van der Waals surface area (Å²) in [4.78, 5) is 0. The lowest BCUT2D eigenvalue weighted by molar-refractivity contribution is 0.173. The number of rotatable bonds is 7. The Kier molecular flexibility index (Phi) is 7.20. The average molecular weight is 215 g/mol. The third kappa shape index (κ3) is 10.2. The minimum Gasteiger partial charge on any atom is -0.385 e. The first-order valence-electron chi connectivity index (χ1n) is 6.09. The van der Waals surface area contributed by atoms with Gasteiger partial charge in [-0.15, -0.1) is 0 Å². The molecule has 0 aromatic heterocycles. The lowest BCUT2D eigenvalue weighted by Gasteiger charge is -2.24. The van der Waals surface area contributed by atoms with E-state index in [-0.39, 0.29) is 5.54 Å². The van der Waals surface area contributed by atoms with E-state index >= 15 is 0 Å².